The number of halogens is 3. The minimum absolute atomic E-state index is 0.0368. The third-order valence-electron chi connectivity index (χ3n) is 4.56. The van der Waals surface area contributed by atoms with Crippen molar-refractivity contribution >= 4 is 5.91 Å². The van der Waals surface area contributed by atoms with Crippen LogP contribution in [0.1, 0.15) is 39.0 Å². The minimum Gasteiger partial charge on any atom is -0.354 e. The predicted octanol–water partition coefficient (Wildman–Crippen LogP) is 2.47. The van der Waals surface area contributed by atoms with Gasteiger partial charge in [-0.05, 0) is 37.5 Å². The molecular formula is C14H23F3N2O. The summed E-state index contributed by atoms with van der Waals surface area (Å²) in [5.41, 5.74) is 0. The van der Waals surface area contributed by atoms with Gasteiger partial charge in [0, 0.05) is 13.1 Å². The van der Waals surface area contributed by atoms with Gasteiger partial charge in [-0.25, -0.2) is 0 Å². The fraction of sp³-hybridized carbons (Fsp3) is 0.929. The topological polar surface area (TPSA) is 41.1 Å². The molecule has 0 aromatic heterocycles. The maximum atomic E-state index is 12.5. The molecule has 6 heteroatoms. The minimum atomic E-state index is -4.16. The van der Waals surface area contributed by atoms with Crippen molar-refractivity contribution in [3.05, 3.63) is 0 Å². The van der Waals surface area contributed by atoms with Gasteiger partial charge in [-0.2, -0.15) is 13.2 Å². The Kier molecular flexibility index (Phi) is 4.94. The Balaban J connectivity index is 1.69. The Morgan fingerprint density at radius 1 is 1.25 bits per heavy atom. The average molecular weight is 292 g/mol. The summed E-state index contributed by atoms with van der Waals surface area (Å²) >= 11 is 0. The number of carbonyl (C=O) groups excluding carboxylic acids is 1. The van der Waals surface area contributed by atoms with Gasteiger partial charge < -0.3 is 10.6 Å². The summed E-state index contributed by atoms with van der Waals surface area (Å²) in [6.07, 6.45) is -0.389. The van der Waals surface area contributed by atoms with Crippen molar-refractivity contribution in [1.82, 2.24) is 10.6 Å². The normalized spacial score (nSPS) is 35.0. The second-order valence-electron chi connectivity index (χ2n) is 6.31. The first-order valence-electron chi connectivity index (χ1n) is 7.44. The summed E-state index contributed by atoms with van der Waals surface area (Å²) in [5, 5.41) is 5.61. The molecule has 0 bridgehead atoms. The molecule has 0 radical (unpaired) electrons. The summed E-state index contributed by atoms with van der Waals surface area (Å²) in [5.74, 6) is -0.217. The molecule has 20 heavy (non-hydrogen) atoms. The number of amides is 1. The van der Waals surface area contributed by atoms with Crippen LogP contribution in [0.5, 0.6) is 0 Å². The zero-order valence-corrected chi connectivity index (χ0v) is 11.8. The number of hydrogen-bond donors (Lipinski definition) is 2. The Morgan fingerprint density at radius 2 is 2.00 bits per heavy atom. The van der Waals surface area contributed by atoms with Crippen LogP contribution >= 0.6 is 0 Å². The number of alkyl halides is 3. The van der Waals surface area contributed by atoms with E-state index in [-0.39, 0.29) is 25.3 Å². The fourth-order valence-electron chi connectivity index (χ4n) is 3.24. The first-order valence-corrected chi connectivity index (χ1v) is 7.44. The van der Waals surface area contributed by atoms with Crippen molar-refractivity contribution in [2.75, 3.05) is 13.1 Å². The molecule has 1 saturated heterocycles. The molecular weight excluding hydrogens is 269 g/mol. The molecule has 2 aliphatic rings. The van der Waals surface area contributed by atoms with Crippen molar-refractivity contribution in [2.24, 2.45) is 17.8 Å². The molecule has 1 heterocycles. The van der Waals surface area contributed by atoms with Crippen LogP contribution in [0.2, 0.25) is 0 Å². The van der Waals surface area contributed by atoms with Gasteiger partial charge in [-0.1, -0.05) is 13.3 Å². The van der Waals surface area contributed by atoms with Gasteiger partial charge in [0.25, 0.3) is 0 Å². The van der Waals surface area contributed by atoms with E-state index in [0.717, 1.165) is 18.8 Å². The molecule has 0 aromatic carbocycles. The van der Waals surface area contributed by atoms with E-state index in [1.807, 2.05) is 0 Å². The van der Waals surface area contributed by atoms with Crippen molar-refractivity contribution in [1.29, 1.82) is 0 Å². The zero-order valence-electron chi connectivity index (χ0n) is 11.8. The van der Waals surface area contributed by atoms with E-state index in [9.17, 15) is 18.0 Å². The molecule has 1 aliphatic heterocycles. The molecule has 2 fully saturated rings. The largest absolute Gasteiger partial charge is 0.393 e. The number of nitrogens with one attached hydrogen (secondary N) is 2. The molecule has 3 nitrogen and oxygen atoms in total. The lowest BCUT2D eigenvalue weighted by Gasteiger charge is -2.30. The van der Waals surface area contributed by atoms with E-state index in [4.69, 9.17) is 0 Å². The van der Waals surface area contributed by atoms with E-state index >= 15 is 0 Å². The van der Waals surface area contributed by atoms with Crippen LogP contribution < -0.4 is 10.6 Å². The molecule has 116 valence electrons. The second kappa shape index (κ2) is 6.33. The van der Waals surface area contributed by atoms with Crippen molar-refractivity contribution in [3.63, 3.8) is 0 Å². The van der Waals surface area contributed by atoms with Gasteiger partial charge in [-0.15, -0.1) is 0 Å². The van der Waals surface area contributed by atoms with Crippen molar-refractivity contribution in [3.8, 4) is 0 Å². The third kappa shape index (κ3) is 4.11. The van der Waals surface area contributed by atoms with E-state index < -0.39 is 18.1 Å². The van der Waals surface area contributed by atoms with E-state index in [1.54, 1.807) is 0 Å². The maximum Gasteiger partial charge on any atom is 0.393 e. The highest BCUT2D eigenvalue weighted by Gasteiger charge is 2.42. The summed E-state index contributed by atoms with van der Waals surface area (Å²) in [6, 6.07) is -0.465. The Hall–Kier alpha value is -0.780. The van der Waals surface area contributed by atoms with Crippen LogP contribution in [-0.2, 0) is 4.79 Å². The molecule has 4 unspecified atom stereocenters. The van der Waals surface area contributed by atoms with Crippen LogP contribution in [0.15, 0.2) is 0 Å². The maximum absolute atomic E-state index is 12.5. The fourth-order valence-corrected chi connectivity index (χ4v) is 3.24. The van der Waals surface area contributed by atoms with Gasteiger partial charge in [0.15, 0.2) is 0 Å². The number of hydrogen-bond acceptors (Lipinski definition) is 2. The molecule has 1 aliphatic carbocycles. The smallest absolute Gasteiger partial charge is 0.354 e. The Labute approximate surface area is 117 Å². The monoisotopic (exact) mass is 292 g/mol. The van der Waals surface area contributed by atoms with Crippen LogP contribution in [0.3, 0.4) is 0 Å². The average Bonchev–Trinajstić information content (AvgIpc) is 2.81. The van der Waals surface area contributed by atoms with Crippen molar-refractivity contribution in [2.45, 2.75) is 51.2 Å². The van der Waals surface area contributed by atoms with Gasteiger partial charge in [0.2, 0.25) is 5.91 Å². The molecule has 0 aromatic rings. The van der Waals surface area contributed by atoms with Gasteiger partial charge >= 0.3 is 6.18 Å². The van der Waals surface area contributed by atoms with Crippen LogP contribution in [0, 0.1) is 17.8 Å². The summed E-state index contributed by atoms with van der Waals surface area (Å²) in [6.45, 7) is 2.72. The quantitative estimate of drug-likeness (QED) is 0.839. The van der Waals surface area contributed by atoms with E-state index in [1.165, 1.54) is 6.42 Å². The Morgan fingerprint density at radius 3 is 2.50 bits per heavy atom. The standard InChI is InChI=1S/C14H23F3N2O/c1-9-2-3-10(6-9)7-19-13(20)12-5-4-11(8-18-12)14(15,16)17/h9-12,18H,2-8H2,1H3,(H,19,20). The molecule has 4 atom stereocenters. The van der Waals surface area contributed by atoms with Gasteiger partial charge in [0.05, 0.1) is 12.0 Å². The highest BCUT2D eigenvalue weighted by atomic mass is 19.4. The molecule has 2 N–H and O–H groups in total. The lowest BCUT2D eigenvalue weighted by molar-refractivity contribution is -0.180. The highest BCUT2D eigenvalue weighted by Crippen LogP contribution is 2.32. The summed E-state index contributed by atoms with van der Waals surface area (Å²) < 4.78 is 37.6. The molecule has 1 amide bonds. The van der Waals surface area contributed by atoms with Crippen LogP contribution in [0.4, 0.5) is 13.2 Å². The van der Waals surface area contributed by atoms with Crippen LogP contribution in [-0.4, -0.2) is 31.2 Å². The van der Waals surface area contributed by atoms with E-state index in [2.05, 4.69) is 17.6 Å². The second-order valence-corrected chi connectivity index (χ2v) is 6.31. The summed E-state index contributed by atoms with van der Waals surface area (Å²) in [4.78, 5) is 11.9. The molecule has 2 rings (SSSR count). The first kappa shape index (κ1) is 15.6. The molecule has 0 spiro atoms. The number of rotatable bonds is 3. The van der Waals surface area contributed by atoms with Crippen molar-refractivity contribution < 1.29 is 18.0 Å². The number of piperidine rings is 1. The predicted molar refractivity (Wildman–Crippen MR) is 70.1 cm³/mol. The first-order chi connectivity index (χ1) is 9.36. The van der Waals surface area contributed by atoms with Crippen LogP contribution in [0.25, 0.3) is 0 Å². The van der Waals surface area contributed by atoms with Gasteiger partial charge in [0.1, 0.15) is 0 Å². The SMILES string of the molecule is CC1CCC(CNC(=O)C2CCC(C(F)(F)F)CN2)C1. The number of carbonyl (C=O) groups is 1. The third-order valence-corrected chi connectivity index (χ3v) is 4.56. The molecule has 1 saturated carbocycles. The summed E-state index contributed by atoms with van der Waals surface area (Å²) in [7, 11) is 0. The van der Waals surface area contributed by atoms with E-state index in [0.29, 0.717) is 12.5 Å². The lowest BCUT2D eigenvalue weighted by Crippen LogP contribution is -2.51. The highest BCUT2D eigenvalue weighted by molar-refractivity contribution is 5.81. The Bertz CT molecular complexity index is 338. The zero-order chi connectivity index (χ0) is 14.8. The van der Waals surface area contributed by atoms with Gasteiger partial charge in [-0.3, -0.25) is 4.79 Å². The lowest BCUT2D eigenvalue weighted by atomic mass is 9.93.